The molecule has 2 heterocycles. The van der Waals surface area contributed by atoms with Crippen molar-refractivity contribution in [2.75, 3.05) is 0 Å². The third kappa shape index (κ3) is 4.57. The van der Waals surface area contributed by atoms with Gasteiger partial charge in [-0.3, -0.25) is 0 Å². The number of thiophene rings is 1. The predicted octanol–water partition coefficient (Wildman–Crippen LogP) is 13.9. The Bertz CT molecular complexity index is 2930. The van der Waals surface area contributed by atoms with E-state index in [2.05, 4.69) is 177 Å². The van der Waals surface area contributed by atoms with Crippen molar-refractivity contribution in [3.63, 3.8) is 0 Å². The highest BCUT2D eigenvalue weighted by atomic mass is 32.1. The van der Waals surface area contributed by atoms with Crippen molar-refractivity contribution >= 4 is 63.8 Å². The van der Waals surface area contributed by atoms with Crippen LogP contribution in [-0.4, -0.2) is 4.98 Å². The molecule has 10 rings (SSSR count). The first-order valence-electron chi connectivity index (χ1n) is 17.1. The second-order valence-electron chi connectivity index (χ2n) is 13.1. The monoisotopic (exact) mass is 653 g/mol. The Morgan fingerprint density at radius 2 is 1.08 bits per heavy atom. The van der Waals surface area contributed by atoms with Gasteiger partial charge in [0.1, 0.15) is 0 Å². The molecule has 0 saturated carbocycles. The van der Waals surface area contributed by atoms with E-state index in [0.717, 1.165) is 22.5 Å². The number of aromatic nitrogens is 1. The Balaban J connectivity index is 1.29. The Hall–Kier alpha value is -6.09. The van der Waals surface area contributed by atoms with Crippen LogP contribution >= 0.6 is 11.3 Å². The van der Waals surface area contributed by atoms with Gasteiger partial charge in [0.15, 0.2) is 0 Å². The summed E-state index contributed by atoms with van der Waals surface area (Å²) in [5.74, 6) is 0. The Kier molecular flexibility index (Phi) is 6.65. The van der Waals surface area contributed by atoms with E-state index in [1.54, 1.807) is 0 Å². The molecule has 1 nitrogen and oxygen atoms in total. The predicted molar refractivity (Wildman–Crippen MR) is 216 cm³/mol. The van der Waals surface area contributed by atoms with Gasteiger partial charge in [0.2, 0.25) is 0 Å². The van der Waals surface area contributed by atoms with Gasteiger partial charge < -0.3 is 0 Å². The zero-order valence-corrected chi connectivity index (χ0v) is 28.3. The van der Waals surface area contributed by atoms with E-state index >= 15 is 0 Å². The normalized spacial score (nSPS) is 11.7. The first-order chi connectivity index (χ1) is 24.7. The van der Waals surface area contributed by atoms with Crippen molar-refractivity contribution in [2.45, 2.75) is 6.92 Å². The fraction of sp³-hybridized carbons (Fsp3) is 0.0208. The minimum absolute atomic E-state index is 0.987. The minimum Gasteiger partial charge on any atom is -0.247 e. The summed E-state index contributed by atoms with van der Waals surface area (Å²) in [6.45, 7) is 2.23. The molecular formula is C48H31NS. The molecule has 0 amide bonds. The molecule has 0 aliphatic carbocycles. The Morgan fingerprint density at radius 3 is 1.94 bits per heavy atom. The number of fused-ring (bicyclic) bond motifs is 7. The van der Waals surface area contributed by atoms with Crippen LogP contribution < -0.4 is 0 Å². The highest BCUT2D eigenvalue weighted by molar-refractivity contribution is 7.26. The largest absolute Gasteiger partial charge is 0.247 e. The molecule has 0 atom stereocenters. The fourth-order valence-corrected chi connectivity index (χ4v) is 9.12. The molecule has 0 N–H and O–H groups in total. The molecular weight excluding hydrogens is 623 g/mol. The van der Waals surface area contributed by atoms with E-state index in [1.165, 1.54) is 80.3 Å². The fourth-order valence-electron chi connectivity index (χ4n) is 7.82. The van der Waals surface area contributed by atoms with Crippen molar-refractivity contribution in [1.82, 2.24) is 4.98 Å². The zero-order valence-electron chi connectivity index (χ0n) is 27.5. The summed E-state index contributed by atoms with van der Waals surface area (Å²) in [5.41, 5.74) is 10.4. The van der Waals surface area contributed by atoms with Gasteiger partial charge in [-0.15, -0.1) is 11.3 Å². The number of hydrogen-bond acceptors (Lipinski definition) is 2. The number of pyridine rings is 1. The molecule has 0 radical (unpaired) electrons. The molecule has 0 aliphatic rings. The van der Waals surface area contributed by atoms with Crippen LogP contribution in [0, 0.1) is 6.92 Å². The van der Waals surface area contributed by atoms with Crippen molar-refractivity contribution in [2.24, 2.45) is 0 Å². The summed E-state index contributed by atoms with van der Waals surface area (Å²) in [4.78, 5) is 5.57. The summed E-state index contributed by atoms with van der Waals surface area (Å²) in [5, 5.41) is 10.0. The number of rotatable bonds is 4. The smallest absolute Gasteiger partial charge is 0.0745 e. The van der Waals surface area contributed by atoms with Crippen LogP contribution in [-0.2, 0) is 0 Å². The van der Waals surface area contributed by atoms with Crippen LogP contribution in [0.25, 0.3) is 97.3 Å². The minimum atomic E-state index is 0.987. The summed E-state index contributed by atoms with van der Waals surface area (Å²) in [7, 11) is 0. The first-order valence-corrected chi connectivity index (χ1v) is 17.9. The maximum absolute atomic E-state index is 5.57. The second-order valence-corrected chi connectivity index (χ2v) is 14.2. The van der Waals surface area contributed by atoms with Gasteiger partial charge in [0.25, 0.3) is 0 Å². The molecule has 0 fully saturated rings. The molecule has 0 unspecified atom stereocenters. The standard InChI is InChI=1S/C48H31NS/c1-30-42(38-23-11-18-32-16-7-8-19-36(32)38)28-44(49-47(30)35-26-25-31-13-5-6-17-34(31)27-35)43-29-45-46(40-21-10-9-20-39(40)43)41-24-12-22-37(48(41)50-45)33-14-3-2-4-15-33/h2-29H,1H3. The number of nitrogens with zero attached hydrogens (tertiary/aromatic N) is 1. The molecule has 0 bridgehead atoms. The highest BCUT2D eigenvalue weighted by Gasteiger charge is 2.20. The molecule has 0 aliphatic heterocycles. The van der Waals surface area contributed by atoms with E-state index in [0.29, 0.717) is 0 Å². The topological polar surface area (TPSA) is 12.9 Å². The van der Waals surface area contributed by atoms with Gasteiger partial charge in [-0.25, -0.2) is 4.98 Å². The number of hydrogen-bond donors (Lipinski definition) is 0. The Morgan fingerprint density at radius 1 is 0.420 bits per heavy atom. The van der Waals surface area contributed by atoms with Crippen LogP contribution in [0.2, 0.25) is 0 Å². The molecule has 50 heavy (non-hydrogen) atoms. The van der Waals surface area contributed by atoms with Crippen molar-refractivity contribution in [3.05, 3.63) is 175 Å². The second kappa shape index (κ2) is 11.5. The Labute approximate surface area is 294 Å². The summed E-state index contributed by atoms with van der Waals surface area (Å²) < 4.78 is 2.60. The van der Waals surface area contributed by atoms with Crippen molar-refractivity contribution in [1.29, 1.82) is 0 Å². The lowest BCUT2D eigenvalue weighted by molar-refractivity contribution is 1.28. The van der Waals surface area contributed by atoms with Crippen molar-refractivity contribution in [3.8, 4) is 44.8 Å². The van der Waals surface area contributed by atoms with Gasteiger partial charge in [-0.05, 0) is 85.3 Å². The average Bonchev–Trinajstić information content (AvgIpc) is 3.57. The van der Waals surface area contributed by atoms with Crippen LogP contribution in [0.1, 0.15) is 5.56 Å². The number of benzene rings is 8. The van der Waals surface area contributed by atoms with E-state index in [9.17, 15) is 0 Å². The molecule has 0 spiro atoms. The quantitative estimate of drug-likeness (QED) is 0.184. The average molecular weight is 654 g/mol. The van der Waals surface area contributed by atoms with Gasteiger partial charge >= 0.3 is 0 Å². The van der Waals surface area contributed by atoms with Crippen LogP contribution in [0.4, 0.5) is 0 Å². The molecule has 2 aromatic heterocycles. The van der Waals surface area contributed by atoms with Crippen LogP contribution in [0.15, 0.2) is 170 Å². The van der Waals surface area contributed by atoms with E-state index in [1.807, 2.05) is 11.3 Å². The first kappa shape index (κ1) is 28.9. The van der Waals surface area contributed by atoms with Crippen LogP contribution in [0.5, 0.6) is 0 Å². The van der Waals surface area contributed by atoms with Crippen molar-refractivity contribution < 1.29 is 0 Å². The summed E-state index contributed by atoms with van der Waals surface area (Å²) >= 11 is 1.89. The SMILES string of the molecule is Cc1c(-c2cccc3ccccc23)cc(-c2cc3sc4c(-c5ccccc5)cccc4c3c3ccccc23)nc1-c1ccc2ccccc2c1. The third-order valence-electron chi connectivity index (χ3n) is 10.2. The van der Waals surface area contributed by atoms with E-state index in [-0.39, 0.29) is 0 Å². The molecule has 8 aromatic carbocycles. The molecule has 2 heteroatoms. The van der Waals surface area contributed by atoms with Gasteiger partial charge in [-0.1, -0.05) is 152 Å². The zero-order chi connectivity index (χ0) is 33.2. The lowest BCUT2D eigenvalue weighted by Crippen LogP contribution is -1.97. The summed E-state index contributed by atoms with van der Waals surface area (Å²) in [6.07, 6.45) is 0. The van der Waals surface area contributed by atoms with E-state index < -0.39 is 0 Å². The summed E-state index contributed by atoms with van der Waals surface area (Å²) in [6, 6.07) is 61.8. The highest BCUT2D eigenvalue weighted by Crippen LogP contribution is 2.46. The third-order valence-corrected chi connectivity index (χ3v) is 11.4. The van der Waals surface area contributed by atoms with Gasteiger partial charge in [0, 0.05) is 31.3 Å². The van der Waals surface area contributed by atoms with Gasteiger partial charge in [0.05, 0.1) is 11.4 Å². The lowest BCUT2D eigenvalue weighted by Gasteiger charge is -2.17. The maximum atomic E-state index is 5.57. The lowest BCUT2D eigenvalue weighted by atomic mass is 9.90. The van der Waals surface area contributed by atoms with Gasteiger partial charge in [-0.2, -0.15) is 0 Å². The van der Waals surface area contributed by atoms with E-state index in [4.69, 9.17) is 4.98 Å². The maximum Gasteiger partial charge on any atom is 0.0745 e. The molecule has 10 aromatic rings. The molecule has 0 saturated heterocycles. The molecule has 234 valence electrons. The van der Waals surface area contributed by atoms with Crippen LogP contribution in [0.3, 0.4) is 0 Å².